The lowest BCUT2D eigenvalue weighted by atomic mass is 9.73. The lowest BCUT2D eigenvalue weighted by Crippen LogP contribution is -2.61. The number of amides is 1. The van der Waals surface area contributed by atoms with Gasteiger partial charge in [0, 0.05) is 25.6 Å². The largest absolute Gasteiger partial charge is 0.381 e. The van der Waals surface area contributed by atoms with Gasteiger partial charge < -0.3 is 15.8 Å². The van der Waals surface area contributed by atoms with Crippen LogP contribution < -0.4 is 11.1 Å². The zero-order valence-electron chi connectivity index (χ0n) is 10.2. The molecule has 0 aliphatic heterocycles. The van der Waals surface area contributed by atoms with E-state index >= 15 is 0 Å². The van der Waals surface area contributed by atoms with E-state index in [4.69, 9.17) is 10.5 Å². The minimum atomic E-state index is -0.646. The maximum atomic E-state index is 11.6. The Labute approximate surface area is 101 Å². The van der Waals surface area contributed by atoms with Crippen LogP contribution in [-0.4, -0.2) is 24.7 Å². The standard InChI is InChI=1S/C13H18N2O2/c1-9-5-3-4-6-11(9)15-13(12(14)16)7-10(8-13)17-2/h3-6,10,15H,7-8H2,1-2H3,(H2,14,16). The Hall–Kier alpha value is -1.55. The molecule has 0 unspecified atom stereocenters. The van der Waals surface area contributed by atoms with Crippen molar-refractivity contribution in [2.45, 2.75) is 31.4 Å². The van der Waals surface area contributed by atoms with Crippen molar-refractivity contribution >= 4 is 11.6 Å². The molecule has 1 fully saturated rings. The summed E-state index contributed by atoms with van der Waals surface area (Å²) in [5.41, 5.74) is 6.91. The molecule has 0 saturated heterocycles. The van der Waals surface area contributed by atoms with Crippen molar-refractivity contribution in [3.63, 3.8) is 0 Å². The first-order valence-electron chi connectivity index (χ1n) is 5.74. The smallest absolute Gasteiger partial charge is 0.243 e. The third-order valence-corrected chi connectivity index (χ3v) is 3.48. The Morgan fingerprint density at radius 2 is 2.12 bits per heavy atom. The molecule has 4 heteroatoms. The number of ether oxygens (including phenoxy) is 1. The summed E-state index contributed by atoms with van der Waals surface area (Å²) < 4.78 is 5.21. The number of methoxy groups -OCH3 is 1. The van der Waals surface area contributed by atoms with Crippen LogP contribution in [0.1, 0.15) is 18.4 Å². The van der Waals surface area contributed by atoms with Crippen molar-refractivity contribution in [2.24, 2.45) is 5.73 Å². The summed E-state index contributed by atoms with van der Waals surface area (Å²) in [6, 6.07) is 7.87. The van der Waals surface area contributed by atoms with Gasteiger partial charge in [-0.25, -0.2) is 0 Å². The summed E-state index contributed by atoms with van der Waals surface area (Å²) in [6.07, 6.45) is 1.39. The van der Waals surface area contributed by atoms with Crippen molar-refractivity contribution < 1.29 is 9.53 Å². The van der Waals surface area contributed by atoms with Crippen LogP contribution in [0.2, 0.25) is 0 Å². The number of hydrogen-bond donors (Lipinski definition) is 2. The Balaban J connectivity index is 2.16. The van der Waals surface area contributed by atoms with E-state index in [9.17, 15) is 4.79 Å². The van der Waals surface area contributed by atoms with E-state index in [1.165, 1.54) is 0 Å². The first kappa shape index (κ1) is 11.9. The number of para-hydroxylation sites is 1. The predicted molar refractivity (Wildman–Crippen MR) is 66.8 cm³/mol. The topological polar surface area (TPSA) is 64.3 Å². The second-order valence-corrected chi connectivity index (χ2v) is 4.65. The third-order valence-electron chi connectivity index (χ3n) is 3.48. The minimum Gasteiger partial charge on any atom is -0.381 e. The van der Waals surface area contributed by atoms with Crippen LogP contribution in [0, 0.1) is 6.92 Å². The summed E-state index contributed by atoms with van der Waals surface area (Å²) in [4.78, 5) is 11.6. The summed E-state index contributed by atoms with van der Waals surface area (Å²) in [6.45, 7) is 2.00. The van der Waals surface area contributed by atoms with Crippen molar-refractivity contribution in [1.29, 1.82) is 0 Å². The number of primary amides is 1. The molecular formula is C13H18N2O2. The molecule has 0 heterocycles. The number of benzene rings is 1. The molecule has 4 nitrogen and oxygen atoms in total. The Bertz CT molecular complexity index is 425. The van der Waals surface area contributed by atoms with Crippen LogP contribution in [0.5, 0.6) is 0 Å². The van der Waals surface area contributed by atoms with E-state index in [1.54, 1.807) is 7.11 Å². The van der Waals surface area contributed by atoms with Crippen LogP contribution in [0.25, 0.3) is 0 Å². The molecule has 0 spiro atoms. The van der Waals surface area contributed by atoms with Gasteiger partial charge in [0.1, 0.15) is 5.54 Å². The molecule has 3 N–H and O–H groups in total. The molecule has 1 aromatic rings. The molecule has 0 aromatic heterocycles. The SMILES string of the molecule is COC1CC(Nc2ccccc2C)(C(N)=O)C1. The van der Waals surface area contributed by atoms with Crippen molar-refractivity contribution in [1.82, 2.24) is 0 Å². The number of nitrogens with two attached hydrogens (primary N) is 1. The quantitative estimate of drug-likeness (QED) is 0.828. The molecule has 1 aliphatic carbocycles. The van der Waals surface area contributed by atoms with Gasteiger partial charge in [-0.15, -0.1) is 0 Å². The fourth-order valence-electron chi connectivity index (χ4n) is 2.22. The predicted octanol–water partition coefficient (Wildman–Crippen LogP) is 1.44. The molecule has 1 aliphatic rings. The van der Waals surface area contributed by atoms with E-state index < -0.39 is 5.54 Å². The normalized spacial score (nSPS) is 27.3. The summed E-state index contributed by atoms with van der Waals surface area (Å²) in [5.74, 6) is -0.311. The van der Waals surface area contributed by atoms with Gasteiger partial charge in [-0.2, -0.15) is 0 Å². The van der Waals surface area contributed by atoms with E-state index in [0.29, 0.717) is 12.8 Å². The number of rotatable bonds is 4. The second-order valence-electron chi connectivity index (χ2n) is 4.65. The van der Waals surface area contributed by atoms with Gasteiger partial charge in [-0.1, -0.05) is 18.2 Å². The monoisotopic (exact) mass is 234 g/mol. The average Bonchev–Trinajstić information content (AvgIpc) is 2.24. The number of hydrogen-bond acceptors (Lipinski definition) is 3. The Morgan fingerprint density at radius 3 is 2.65 bits per heavy atom. The first-order chi connectivity index (χ1) is 8.07. The highest BCUT2D eigenvalue weighted by molar-refractivity contribution is 5.89. The van der Waals surface area contributed by atoms with Gasteiger partial charge in [-0.05, 0) is 18.6 Å². The van der Waals surface area contributed by atoms with E-state index in [2.05, 4.69) is 5.32 Å². The van der Waals surface area contributed by atoms with Gasteiger partial charge in [-0.3, -0.25) is 4.79 Å². The van der Waals surface area contributed by atoms with Crippen LogP contribution in [0.3, 0.4) is 0 Å². The zero-order chi connectivity index (χ0) is 12.5. The van der Waals surface area contributed by atoms with E-state index in [1.807, 2.05) is 31.2 Å². The number of carbonyl (C=O) groups excluding carboxylic acids is 1. The van der Waals surface area contributed by atoms with Crippen molar-refractivity contribution in [3.8, 4) is 0 Å². The maximum Gasteiger partial charge on any atom is 0.243 e. The van der Waals surface area contributed by atoms with Crippen LogP contribution in [0.4, 0.5) is 5.69 Å². The molecule has 0 radical (unpaired) electrons. The number of nitrogens with one attached hydrogen (secondary N) is 1. The molecule has 1 saturated carbocycles. The minimum absolute atomic E-state index is 0.124. The number of aryl methyl sites for hydroxylation is 1. The molecule has 92 valence electrons. The summed E-state index contributed by atoms with van der Waals surface area (Å²) >= 11 is 0. The van der Waals surface area contributed by atoms with Gasteiger partial charge in [0.05, 0.1) is 6.10 Å². The fourth-order valence-corrected chi connectivity index (χ4v) is 2.22. The molecular weight excluding hydrogens is 216 g/mol. The van der Waals surface area contributed by atoms with E-state index in [0.717, 1.165) is 11.3 Å². The highest BCUT2D eigenvalue weighted by Crippen LogP contribution is 2.37. The molecule has 2 rings (SSSR count). The maximum absolute atomic E-state index is 11.6. The van der Waals surface area contributed by atoms with Gasteiger partial charge in [0.2, 0.25) is 5.91 Å². The second kappa shape index (κ2) is 4.37. The highest BCUT2D eigenvalue weighted by Gasteiger charge is 2.49. The van der Waals surface area contributed by atoms with Crippen molar-refractivity contribution in [2.75, 3.05) is 12.4 Å². The number of anilines is 1. The van der Waals surface area contributed by atoms with Crippen LogP contribution in [0.15, 0.2) is 24.3 Å². The molecule has 0 atom stereocenters. The Kier molecular flexibility index (Phi) is 3.07. The molecule has 17 heavy (non-hydrogen) atoms. The Morgan fingerprint density at radius 1 is 1.47 bits per heavy atom. The van der Waals surface area contributed by atoms with Gasteiger partial charge >= 0.3 is 0 Å². The molecule has 1 amide bonds. The number of carbonyl (C=O) groups is 1. The third kappa shape index (κ3) is 2.13. The average molecular weight is 234 g/mol. The van der Waals surface area contributed by atoms with Crippen molar-refractivity contribution in [3.05, 3.63) is 29.8 Å². The van der Waals surface area contributed by atoms with Crippen LogP contribution in [-0.2, 0) is 9.53 Å². The first-order valence-corrected chi connectivity index (χ1v) is 5.74. The molecule has 1 aromatic carbocycles. The lowest BCUT2D eigenvalue weighted by molar-refractivity contribution is -0.130. The summed E-state index contributed by atoms with van der Waals surface area (Å²) in [5, 5.41) is 3.27. The van der Waals surface area contributed by atoms with Gasteiger partial charge in [0.25, 0.3) is 0 Å². The zero-order valence-corrected chi connectivity index (χ0v) is 10.2. The van der Waals surface area contributed by atoms with Gasteiger partial charge in [0.15, 0.2) is 0 Å². The lowest BCUT2D eigenvalue weighted by Gasteiger charge is -2.45. The fraction of sp³-hybridized carbons (Fsp3) is 0.462. The highest BCUT2D eigenvalue weighted by atomic mass is 16.5. The van der Waals surface area contributed by atoms with Crippen LogP contribution >= 0.6 is 0 Å². The van der Waals surface area contributed by atoms with E-state index in [-0.39, 0.29) is 12.0 Å². The molecule has 0 bridgehead atoms. The summed E-state index contributed by atoms with van der Waals surface area (Å²) in [7, 11) is 1.66.